The number of likely N-dealkylation sites (tertiary alicyclic amines) is 1. The summed E-state index contributed by atoms with van der Waals surface area (Å²) < 4.78 is 5.33. The summed E-state index contributed by atoms with van der Waals surface area (Å²) in [4.78, 5) is 29.8. The number of nitrogens with one attached hydrogen (secondary N) is 3. The van der Waals surface area contributed by atoms with Gasteiger partial charge in [-0.15, -0.1) is 24.0 Å². The summed E-state index contributed by atoms with van der Waals surface area (Å²) in [5, 5.41) is 9.59. The first-order valence-corrected chi connectivity index (χ1v) is 9.55. The van der Waals surface area contributed by atoms with E-state index in [1.807, 2.05) is 20.8 Å². The van der Waals surface area contributed by atoms with E-state index in [1.165, 1.54) is 0 Å². The maximum absolute atomic E-state index is 12.1. The van der Waals surface area contributed by atoms with Crippen molar-refractivity contribution in [3.63, 3.8) is 0 Å². The molecule has 0 radical (unpaired) electrons. The third-order valence-electron chi connectivity index (χ3n) is 3.92. The minimum Gasteiger partial charge on any atom is -0.444 e. The molecule has 2 rings (SSSR count). The lowest BCUT2D eigenvalue weighted by atomic mass is 10.1. The Labute approximate surface area is 193 Å². The smallest absolute Gasteiger partial charge is 0.410 e. The average Bonchev–Trinajstić information content (AvgIpc) is 2.57. The highest BCUT2D eigenvalue weighted by Crippen LogP contribution is 2.15. The Hall–Kier alpha value is -1.75. The summed E-state index contributed by atoms with van der Waals surface area (Å²) in [5.74, 6) is 0.392. The number of hydrogen-bond acceptors (Lipinski definition) is 4. The number of nitrogens with zero attached hydrogens (tertiary/aromatic N) is 2. The number of ether oxygens (including phenoxy) is 1. The van der Waals surface area contributed by atoms with Crippen LogP contribution in [0.25, 0.3) is 0 Å². The van der Waals surface area contributed by atoms with E-state index < -0.39 is 5.60 Å². The maximum Gasteiger partial charge on any atom is 0.410 e. The van der Waals surface area contributed by atoms with Gasteiger partial charge in [0.15, 0.2) is 5.96 Å². The Morgan fingerprint density at radius 2 is 1.83 bits per heavy atom. The van der Waals surface area contributed by atoms with E-state index in [0.29, 0.717) is 42.7 Å². The summed E-state index contributed by atoms with van der Waals surface area (Å²) in [5.41, 5.74) is -0.0508. The van der Waals surface area contributed by atoms with Crippen molar-refractivity contribution in [2.45, 2.75) is 32.4 Å². The molecule has 10 heteroatoms. The van der Waals surface area contributed by atoms with E-state index >= 15 is 0 Å². The van der Waals surface area contributed by atoms with Gasteiger partial charge in [0, 0.05) is 33.2 Å². The molecule has 1 aromatic rings. The zero-order valence-corrected chi connectivity index (χ0v) is 20.2. The van der Waals surface area contributed by atoms with Gasteiger partial charge in [-0.2, -0.15) is 0 Å². The predicted molar refractivity (Wildman–Crippen MR) is 125 cm³/mol. The van der Waals surface area contributed by atoms with Crippen LogP contribution >= 0.6 is 35.6 Å². The number of carbonyl (C=O) groups is 2. The van der Waals surface area contributed by atoms with Gasteiger partial charge in [-0.05, 0) is 32.9 Å². The molecule has 0 aliphatic carbocycles. The second kappa shape index (κ2) is 11.4. The van der Waals surface area contributed by atoms with Gasteiger partial charge in [-0.25, -0.2) is 4.79 Å². The molecule has 1 aliphatic rings. The van der Waals surface area contributed by atoms with Gasteiger partial charge in [-0.3, -0.25) is 9.79 Å². The quantitative estimate of drug-likeness (QED) is 0.232. The lowest BCUT2D eigenvalue weighted by molar-refractivity contribution is 0.00701. The van der Waals surface area contributed by atoms with Gasteiger partial charge < -0.3 is 25.6 Å². The van der Waals surface area contributed by atoms with E-state index in [1.54, 1.807) is 36.2 Å². The molecule has 0 atom stereocenters. The van der Waals surface area contributed by atoms with Crippen LogP contribution < -0.4 is 16.0 Å². The van der Waals surface area contributed by atoms with Gasteiger partial charge in [0.05, 0.1) is 16.6 Å². The number of hydrogen-bond donors (Lipinski definition) is 3. The van der Waals surface area contributed by atoms with Crippen molar-refractivity contribution in [1.82, 2.24) is 20.9 Å². The summed E-state index contributed by atoms with van der Waals surface area (Å²) in [7, 11) is 1.67. The van der Waals surface area contributed by atoms with Crippen molar-refractivity contribution in [1.29, 1.82) is 0 Å². The number of aliphatic imine (C=N–C) groups is 1. The Morgan fingerprint density at radius 3 is 2.41 bits per heavy atom. The van der Waals surface area contributed by atoms with E-state index in [-0.39, 0.29) is 42.0 Å². The zero-order valence-electron chi connectivity index (χ0n) is 17.1. The number of amides is 2. The van der Waals surface area contributed by atoms with Crippen molar-refractivity contribution < 1.29 is 14.3 Å². The first kappa shape index (κ1) is 25.3. The molecule has 0 unspecified atom stereocenters. The third kappa shape index (κ3) is 8.25. The fourth-order valence-electron chi connectivity index (χ4n) is 2.53. The molecule has 3 N–H and O–H groups in total. The van der Waals surface area contributed by atoms with E-state index in [4.69, 9.17) is 16.3 Å². The van der Waals surface area contributed by atoms with Crippen LogP contribution in [-0.4, -0.2) is 67.7 Å². The summed E-state index contributed by atoms with van der Waals surface area (Å²) in [6, 6.07) is 7.01. The fourth-order valence-corrected chi connectivity index (χ4v) is 2.75. The third-order valence-corrected chi connectivity index (χ3v) is 4.25. The Bertz CT molecular complexity index is 733. The summed E-state index contributed by atoms with van der Waals surface area (Å²) >= 11 is 6.01. The van der Waals surface area contributed by atoms with Gasteiger partial charge >= 0.3 is 6.09 Å². The maximum atomic E-state index is 12.1. The van der Waals surface area contributed by atoms with Crippen LogP contribution in [0.4, 0.5) is 4.79 Å². The van der Waals surface area contributed by atoms with Crippen LogP contribution in [0.5, 0.6) is 0 Å². The molecule has 29 heavy (non-hydrogen) atoms. The van der Waals surface area contributed by atoms with Crippen LogP contribution in [0.15, 0.2) is 29.3 Å². The SMILES string of the molecule is CN=C(NCCNC(=O)c1ccccc1Cl)NC1CN(C(=O)OC(C)(C)C)C1.I. The van der Waals surface area contributed by atoms with Gasteiger partial charge in [0.25, 0.3) is 5.91 Å². The van der Waals surface area contributed by atoms with Crippen molar-refractivity contribution in [3.8, 4) is 0 Å². The van der Waals surface area contributed by atoms with Crippen LogP contribution in [0.2, 0.25) is 5.02 Å². The monoisotopic (exact) mass is 537 g/mol. The normalized spacial score (nSPS) is 14.4. The first-order chi connectivity index (χ1) is 13.2. The Balaban J connectivity index is 0.00000420. The standard InChI is InChI=1S/C19H28ClN5O3.HI/c1-19(2,3)28-18(27)25-11-13(12-25)24-17(21-4)23-10-9-22-16(26)14-7-5-6-8-15(14)20;/h5-8,13H,9-12H2,1-4H3,(H,22,26)(H2,21,23,24);1H. The molecular formula is C19H29ClIN5O3. The number of halogens is 2. The second-order valence-electron chi connectivity index (χ2n) is 7.46. The van der Waals surface area contributed by atoms with E-state index in [2.05, 4.69) is 20.9 Å². The summed E-state index contributed by atoms with van der Waals surface area (Å²) in [6.45, 7) is 7.56. The highest BCUT2D eigenvalue weighted by atomic mass is 127. The molecule has 0 saturated carbocycles. The van der Waals surface area contributed by atoms with Gasteiger partial charge in [0.1, 0.15) is 5.60 Å². The molecule has 0 aromatic heterocycles. The number of carbonyl (C=O) groups excluding carboxylic acids is 2. The minimum absolute atomic E-state index is 0. The van der Waals surface area contributed by atoms with Crippen LogP contribution in [0, 0.1) is 0 Å². The number of benzene rings is 1. The Kier molecular flexibility index (Phi) is 9.97. The first-order valence-electron chi connectivity index (χ1n) is 9.17. The van der Waals surface area contributed by atoms with Crippen molar-refractivity contribution >= 4 is 53.5 Å². The Morgan fingerprint density at radius 1 is 1.21 bits per heavy atom. The fraction of sp³-hybridized carbons (Fsp3) is 0.526. The highest BCUT2D eigenvalue weighted by molar-refractivity contribution is 14.0. The molecule has 2 amide bonds. The highest BCUT2D eigenvalue weighted by Gasteiger charge is 2.34. The van der Waals surface area contributed by atoms with E-state index in [9.17, 15) is 9.59 Å². The minimum atomic E-state index is -0.498. The number of guanidine groups is 1. The van der Waals surface area contributed by atoms with Crippen molar-refractivity contribution in [3.05, 3.63) is 34.9 Å². The molecule has 1 aliphatic heterocycles. The van der Waals surface area contributed by atoms with E-state index in [0.717, 1.165) is 0 Å². The predicted octanol–water partition coefficient (Wildman–Crippen LogP) is 2.47. The molecule has 162 valence electrons. The molecular weight excluding hydrogens is 509 g/mol. The van der Waals surface area contributed by atoms with Gasteiger partial charge in [0.2, 0.25) is 0 Å². The molecule has 1 aromatic carbocycles. The van der Waals surface area contributed by atoms with Crippen LogP contribution in [0.1, 0.15) is 31.1 Å². The molecule has 1 fully saturated rings. The topological polar surface area (TPSA) is 95.1 Å². The molecule has 0 bridgehead atoms. The van der Waals surface area contributed by atoms with Crippen LogP contribution in [0.3, 0.4) is 0 Å². The molecule has 1 saturated heterocycles. The lowest BCUT2D eigenvalue weighted by Gasteiger charge is -2.40. The molecule has 0 spiro atoms. The van der Waals surface area contributed by atoms with Gasteiger partial charge in [-0.1, -0.05) is 23.7 Å². The van der Waals surface area contributed by atoms with Crippen molar-refractivity contribution in [2.75, 3.05) is 33.2 Å². The molecule has 1 heterocycles. The van der Waals surface area contributed by atoms with Crippen molar-refractivity contribution in [2.24, 2.45) is 4.99 Å². The van der Waals surface area contributed by atoms with Crippen LogP contribution in [-0.2, 0) is 4.74 Å². The molecule has 8 nitrogen and oxygen atoms in total. The summed E-state index contributed by atoms with van der Waals surface area (Å²) in [6.07, 6.45) is -0.309. The largest absolute Gasteiger partial charge is 0.444 e. The number of rotatable bonds is 5. The average molecular weight is 538 g/mol. The zero-order chi connectivity index (χ0) is 20.7. The second-order valence-corrected chi connectivity index (χ2v) is 7.87. The lowest BCUT2D eigenvalue weighted by Crippen LogP contribution is -2.63.